The van der Waals surface area contributed by atoms with Crippen LogP contribution in [0.4, 0.5) is 0 Å². The quantitative estimate of drug-likeness (QED) is 0.340. The Bertz CT molecular complexity index is 1420. The fraction of sp³-hybridized carbons (Fsp3) is 0.581. The Labute approximate surface area is 245 Å². The molecule has 11 heteroatoms. The van der Waals surface area contributed by atoms with E-state index in [4.69, 9.17) is 4.74 Å². The Morgan fingerprint density at radius 2 is 1.71 bits per heavy atom. The molecule has 3 amide bonds. The van der Waals surface area contributed by atoms with E-state index in [9.17, 15) is 19.5 Å². The summed E-state index contributed by atoms with van der Waals surface area (Å²) >= 11 is 0. The van der Waals surface area contributed by atoms with Crippen LogP contribution < -0.4 is 0 Å². The number of para-hydroxylation sites is 1. The van der Waals surface area contributed by atoms with Crippen molar-refractivity contribution in [2.24, 2.45) is 11.8 Å². The van der Waals surface area contributed by atoms with Gasteiger partial charge in [-0.15, -0.1) is 5.10 Å². The second-order valence-electron chi connectivity index (χ2n) is 11.8. The molecule has 4 aliphatic rings. The van der Waals surface area contributed by atoms with Crippen molar-refractivity contribution < 1.29 is 24.2 Å². The number of unbranched alkanes of at least 4 members (excludes halogenated alkanes) is 2. The molecule has 1 N–H and O–H groups in total. The molecule has 2 saturated heterocycles. The van der Waals surface area contributed by atoms with Crippen LogP contribution in [0.5, 0.6) is 0 Å². The summed E-state index contributed by atoms with van der Waals surface area (Å²) in [7, 11) is 0. The van der Waals surface area contributed by atoms with Gasteiger partial charge in [-0.3, -0.25) is 14.4 Å². The minimum atomic E-state index is -1.28. The fourth-order valence-electron chi connectivity index (χ4n) is 7.45. The Morgan fingerprint density at radius 1 is 0.929 bits per heavy atom. The first-order chi connectivity index (χ1) is 20.4. The summed E-state index contributed by atoms with van der Waals surface area (Å²) in [6.07, 6.45) is 11.0. The molecular formula is C31H40N6O5. The van der Waals surface area contributed by atoms with Crippen molar-refractivity contribution in [3.63, 3.8) is 0 Å². The van der Waals surface area contributed by atoms with Crippen molar-refractivity contribution in [2.75, 3.05) is 32.8 Å². The lowest BCUT2D eigenvalue weighted by atomic mass is 9.73. The van der Waals surface area contributed by atoms with Crippen LogP contribution in [0, 0.1) is 11.8 Å². The summed E-state index contributed by atoms with van der Waals surface area (Å²) < 4.78 is 8.72. The van der Waals surface area contributed by atoms with Crippen molar-refractivity contribution in [3.05, 3.63) is 48.6 Å². The number of aromatic nitrogens is 3. The highest BCUT2D eigenvalue weighted by atomic mass is 16.5. The van der Waals surface area contributed by atoms with E-state index in [0.29, 0.717) is 45.4 Å². The zero-order valence-electron chi connectivity index (χ0n) is 24.4. The van der Waals surface area contributed by atoms with Crippen molar-refractivity contribution >= 4 is 28.8 Å². The van der Waals surface area contributed by atoms with Crippen LogP contribution in [-0.2, 0) is 25.8 Å². The van der Waals surface area contributed by atoms with Crippen LogP contribution in [-0.4, -0.2) is 103 Å². The van der Waals surface area contributed by atoms with Gasteiger partial charge in [0.05, 0.1) is 23.0 Å². The number of carbonyl (C=O) groups is 3. The lowest BCUT2D eigenvalue weighted by molar-refractivity contribution is -0.155. The molecule has 1 aromatic carbocycles. The maximum Gasteiger partial charge on any atom is 0.250 e. The van der Waals surface area contributed by atoms with Gasteiger partial charge < -0.3 is 24.5 Å². The lowest BCUT2D eigenvalue weighted by Crippen LogP contribution is -2.56. The molecule has 2 aromatic rings. The summed E-state index contributed by atoms with van der Waals surface area (Å²) in [5, 5.41) is 17.9. The van der Waals surface area contributed by atoms with Gasteiger partial charge in [0.15, 0.2) is 0 Å². The first kappa shape index (κ1) is 28.5. The Balaban J connectivity index is 1.41. The summed E-state index contributed by atoms with van der Waals surface area (Å²) in [6.45, 7) is 5.98. The lowest BCUT2D eigenvalue weighted by Gasteiger charge is -2.38. The SMILES string of the molecule is CCCN1CC=C[C@@]2(CC)O[C@]34C=CCN(Cn5nnc6ccccc65)C(=O)C3N(CCCCCO)C(=O)[C@@H]4[C@H]2C1=O. The van der Waals surface area contributed by atoms with E-state index in [1.807, 2.05) is 67.3 Å². The van der Waals surface area contributed by atoms with Crippen LogP contribution >= 0.6 is 0 Å². The third-order valence-electron chi connectivity index (χ3n) is 9.38. The summed E-state index contributed by atoms with van der Waals surface area (Å²) in [5.41, 5.74) is -0.714. The predicted octanol–water partition coefficient (Wildman–Crippen LogP) is 2.12. The van der Waals surface area contributed by atoms with E-state index in [1.54, 1.807) is 14.5 Å². The monoisotopic (exact) mass is 576 g/mol. The summed E-state index contributed by atoms with van der Waals surface area (Å²) in [5.74, 6) is -2.08. The molecule has 0 saturated carbocycles. The number of fused-ring (bicyclic) bond motifs is 3. The van der Waals surface area contributed by atoms with Crippen molar-refractivity contribution in [3.8, 4) is 0 Å². The number of carbonyl (C=O) groups excluding carboxylic acids is 3. The minimum absolute atomic E-state index is 0.0730. The second-order valence-corrected chi connectivity index (χ2v) is 11.8. The maximum absolute atomic E-state index is 14.6. The highest BCUT2D eigenvalue weighted by Crippen LogP contribution is 2.58. The topological polar surface area (TPSA) is 121 Å². The van der Waals surface area contributed by atoms with Gasteiger partial charge in [-0.25, -0.2) is 4.68 Å². The third kappa shape index (κ3) is 4.36. The number of aliphatic hydroxyl groups excluding tert-OH is 1. The van der Waals surface area contributed by atoms with Crippen LogP contribution in [0.3, 0.4) is 0 Å². The highest BCUT2D eigenvalue weighted by Gasteiger charge is 2.75. The van der Waals surface area contributed by atoms with Crippen LogP contribution in [0.15, 0.2) is 48.6 Å². The Morgan fingerprint density at radius 3 is 2.50 bits per heavy atom. The number of benzene rings is 1. The number of aliphatic hydroxyl groups is 1. The predicted molar refractivity (Wildman–Crippen MR) is 155 cm³/mol. The molecule has 0 bridgehead atoms. The van der Waals surface area contributed by atoms with Gasteiger partial charge in [0.2, 0.25) is 11.8 Å². The van der Waals surface area contributed by atoms with E-state index in [1.165, 1.54) is 0 Å². The zero-order valence-corrected chi connectivity index (χ0v) is 24.4. The Hall–Kier alpha value is -3.57. The van der Waals surface area contributed by atoms with Gasteiger partial charge in [0, 0.05) is 32.8 Å². The van der Waals surface area contributed by atoms with E-state index < -0.39 is 29.1 Å². The van der Waals surface area contributed by atoms with Gasteiger partial charge >= 0.3 is 0 Å². The number of hydrogen-bond donors (Lipinski definition) is 1. The first-order valence-corrected chi connectivity index (χ1v) is 15.2. The number of hydrogen-bond acceptors (Lipinski definition) is 7. The van der Waals surface area contributed by atoms with Gasteiger partial charge in [-0.2, -0.15) is 0 Å². The molecule has 1 unspecified atom stereocenters. The molecule has 0 aliphatic carbocycles. The van der Waals surface area contributed by atoms with Crippen molar-refractivity contribution in [1.82, 2.24) is 29.7 Å². The molecule has 11 nitrogen and oxygen atoms in total. The van der Waals surface area contributed by atoms with Crippen LogP contribution in [0.25, 0.3) is 11.0 Å². The largest absolute Gasteiger partial charge is 0.396 e. The van der Waals surface area contributed by atoms with E-state index in [-0.39, 0.29) is 31.0 Å². The molecule has 42 heavy (non-hydrogen) atoms. The molecular weight excluding hydrogens is 536 g/mol. The molecule has 5 heterocycles. The fourth-order valence-corrected chi connectivity index (χ4v) is 7.45. The van der Waals surface area contributed by atoms with Crippen molar-refractivity contribution in [1.29, 1.82) is 0 Å². The standard InChI is InChI=1S/C31H40N6O5/c1-3-16-34-17-10-14-30(4-2)24(27(34)39)25-28(40)36(19-8-5-9-20-38)26-29(41)35(18-11-15-31(25,26)42-30)21-37-23-13-7-6-12-22(23)32-33-37/h6-7,10-15,24-26,38H,3-5,8-9,16-21H2,1-2H3/t24-,25-,26?,30+,31-/m0/s1. The van der Waals surface area contributed by atoms with Crippen LogP contribution in [0.2, 0.25) is 0 Å². The van der Waals surface area contributed by atoms with Gasteiger partial charge in [-0.1, -0.05) is 55.5 Å². The van der Waals surface area contributed by atoms with Gasteiger partial charge in [-0.05, 0) is 44.2 Å². The number of rotatable bonds is 10. The average Bonchev–Trinajstić information content (AvgIpc) is 3.53. The molecule has 2 fully saturated rings. The molecule has 5 atom stereocenters. The Kier molecular flexibility index (Phi) is 7.65. The molecule has 6 rings (SSSR count). The second kappa shape index (κ2) is 11.3. The number of likely N-dealkylation sites (tertiary alicyclic amines) is 1. The minimum Gasteiger partial charge on any atom is -0.396 e. The van der Waals surface area contributed by atoms with Crippen molar-refractivity contribution in [2.45, 2.75) is 69.9 Å². The number of amides is 3. The highest BCUT2D eigenvalue weighted by molar-refractivity contribution is 6.00. The maximum atomic E-state index is 14.6. The molecule has 0 radical (unpaired) electrons. The van der Waals surface area contributed by atoms with Gasteiger partial charge in [0.1, 0.15) is 23.8 Å². The van der Waals surface area contributed by atoms with E-state index in [0.717, 1.165) is 23.9 Å². The zero-order chi connectivity index (χ0) is 29.5. The summed E-state index contributed by atoms with van der Waals surface area (Å²) in [6, 6.07) is 6.66. The number of ether oxygens (including phenoxy) is 1. The van der Waals surface area contributed by atoms with E-state index in [2.05, 4.69) is 10.3 Å². The first-order valence-electron chi connectivity index (χ1n) is 15.2. The normalized spacial score (nSPS) is 30.6. The van der Waals surface area contributed by atoms with Gasteiger partial charge in [0.25, 0.3) is 5.91 Å². The molecule has 1 spiro atoms. The van der Waals surface area contributed by atoms with E-state index >= 15 is 0 Å². The number of nitrogens with zero attached hydrogens (tertiary/aromatic N) is 6. The average molecular weight is 577 g/mol. The molecule has 4 aliphatic heterocycles. The third-order valence-corrected chi connectivity index (χ3v) is 9.38. The summed E-state index contributed by atoms with van der Waals surface area (Å²) in [4.78, 5) is 48.4. The molecule has 1 aromatic heterocycles. The molecule has 224 valence electrons. The van der Waals surface area contributed by atoms with Crippen LogP contribution in [0.1, 0.15) is 46.0 Å². The smallest absolute Gasteiger partial charge is 0.250 e.